The minimum Gasteiger partial charge on any atom is -0.382 e. The molecule has 1 aromatic heterocycles. The summed E-state index contributed by atoms with van der Waals surface area (Å²) in [6.45, 7) is 1.49. The van der Waals surface area contributed by atoms with E-state index in [0.717, 1.165) is 9.15 Å². The second kappa shape index (κ2) is 7.52. The van der Waals surface area contributed by atoms with E-state index in [1.807, 2.05) is 0 Å². The van der Waals surface area contributed by atoms with Crippen LogP contribution < -0.4 is 10.2 Å². The molecule has 0 aliphatic heterocycles. The number of fused-ring (bicyclic) bond motifs is 1. The average Bonchev–Trinajstić information content (AvgIpc) is 3.05. The predicted octanol–water partition coefficient (Wildman–Crippen LogP) is 1.28. The van der Waals surface area contributed by atoms with Crippen molar-refractivity contribution in [2.75, 3.05) is 19.4 Å². The van der Waals surface area contributed by atoms with Crippen LogP contribution in [0.15, 0.2) is 47.4 Å². The van der Waals surface area contributed by atoms with Crippen LogP contribution in [0.4, 0.5) is 10.1 Å². The Hall–Kier alpha value is -3.05. The minimum atomic E-state index is -3.65. The molecule has 0 aliphatic rings. The highest BCUT2D eigenvalue weighted by Gasteiger charge is 2.21. The number of anilines is 1. The highest BCUT2D eigenvalue weighted by atomic mass is 32.2. The van der Waals surface area contributed by atoms with Gasteiger partial charge in [0.15, 0.2) is 0 Å². The summed E-state index contributed by atoms with van der Waals surface area (Å²) >= 11 is 0. The van der Waals surface area contributed by atoms with Crippen LogP contribution in [-0.2, 0) is 14.8 Å². The molecule has 1 heterocycles. The lowest BCUT2D eigenvalue weighted by atomic mass is 10.3. The Balaban J connectivity index is 1.81. The first-order valence-electron chi connectivity index (χ1n) is 8.20. The van der Waals surface area contributed by atoms with Crippen molar-refractivity contribution in [2.24, 2.45) is 0 Å². The number of benzene rings is 2. The maximum atomic E-state index is 12.9. The topological polar surface area (TPSA) is 106 Å². The van der Waals surface area contributed by atoms with E-state index in [9.17, 15) is 17.6 Å². The number of aromatic nitrogens is 3. The third-order valence-corrected chi connectivity index (χ3v) is 5.72. The standard InChI is InChI=1S/C17H18FN5O4S/c1-11(17(24)19-13-6-4-12(18)5-7-13)27-23-16-10-14(28(25,26)22(2)3)8-9-15(16)20-21-23/h4-11H,1-3H3,(H,19,24). The number of carbonyl (C=O) groups is 1. The van der Waals surface area contributed by atoms with Crippen molar-refractivity contribution in [1.82, 2.24) is 19.5 Å². The highest BCUT2D eigenvalue weighted by Crippen LogP contribution is 2.19. The molecule has 1 amide bonds. The molecular formula is C17H18FN5O4S. The maximum absolute atomic E-state index is 12.9. The van der Waals surface area contributed by atoms with Crippen molar-refractivity contribution in [3.63, 3.8) is 0 Å². The lowest BCUT2D eigenvalue weighted by Gasteiger charge is -2.14. The van der Waals surface area contributed by atoms with E-state index in [2.05, 4.69) is 15.6 Å². The fourth-order valence-corrected chi connectivity index (χ4v) is 3.22. The van der Waals surface area contributed by atoms with Gasteiger partial charge in [0.1, 0.15) is 16.9 Å². The molecule has 1 atom stereocenters. The third kappa shape index (κ3) is 3.94. The van der Waals surface area contributed by atoms with Crippen molar-refractivity contribution in [3.05, 3.63) is 48.3 Å². The summed E-state index contributed by atoms with van der Waals surface area (Å²) in [5, 5.41) is 10.3. The van der Waals surface area contributed by atoms with E-state index >= 15 is 0 Å². The van der Waals surface area contributed by atoms with Crippen LogP contribution in [-0.4, -0.2) is 54.0 Å². The van der Waals surface area contributed by atoms with E-state index in [0.29, 0.717) is 16.7 Å². The number of hydrogen-bond donors (Lipinski definition) is 1. The van der Waals surface area contributed by atoms with Gasteiger partial charge >= 0.3 is 0 Å². The van der Waals surface area contributed by atoms with Crippen LogP contribution >= 0.6 is 0 Å². The summed E-state index contributed by atoms with van der Waals surface area (Å²) in [4.78, 5) is 18.8. The Bertz CT molecular complexity index is 1110. The number of amides is 1. The van der Waals surface area contributed by atoms with Crippen LogP contribution in [0.25, 0.3) is 11.0 Å². The predicted molar refractivity (Wildman–Crippen MR) is 99.5 cm³/mol. The second-order valence-corrected chi connectivity index (χ2v) is 8.30. The Morgan fingerprint density at radius 2 is 1.89 bits per heavy atom. The van der Waals surface area contributed by atoms with Gasteiger partial charge in [-0.05, 0) is 54.6 Å². The average molecular weight is 407 g/mol. The van der Waals surface area contributed by atoms with Crippen molar-refractivity contribution in [3.8, 4) is 0 Å². The molecule has 0 saturated carbocycles. The number of carbonyl (C=O) groups excluding carboxylic acids is 1. The van der Waals surface area contributed by atoms with E-state index in [4.69, 9.17) is 4.84 Å². The zero-order chi connectivity index (χ0) is 20.5. The molecule has 9 nitrogen and oxygen atoms in total. The number of nitrogens with one attached hydrogen (secondary N) is 1. The Morgan fingerprint density at radius 3 is 2.54 bits per heavy atom. The van der Waals surface area contributed by atoms with Gasteiger partial charge in [0, 0.05) is 19.8 Å². The molecule has 11 heteroatoms. The van der Waals surface area contributed by atoms with E-state index < -0.39 is 27.9 Å². The van der Waals surface area contributed by atoms with E-state index in [-0.39, 0.29) is 4.90 Å². The number of hydrogen-bond acceptors (Lipinski definition) is 6. The Morgan fingerprint density at radius 1 is 1.21 bits per heavy atom. The Labute approximate surface area is 160 Å². The maximum Gasteiger partial charge on any atom is 0.267 e. The molecule has 28 heavy (non-hydrogen) atoms. The van der Waals surface area contributed by atoms with Gasteiger partial charge in [0.25, 0.3) is 5.91 Å². The first kappa shape index (κ1) is 19.7. The molecular weight excluding hydrogens is 389 g/mol. The fourth-order valence-electron chi connectivity index (χ4n) is 2.30. The molecule has 0 fully saturated rings. The summed E-state index contributed by atoms with van der Waals surface area (Å²) in [5.74, 6) is -0.910. The molecule has 1 unspecified atom stereocenters. The van der Waals surface area contributed by atoms with Crippen molar-refractivity contribution in [1.29, 1.82) is 0 Å². The molecule has 148 valence electrons. The molecule has 2 aromatic carbocycles. The molecule has 1 N–H and O–H groups in total. The van der Waals surface area contributed by atoms with Gasteiger partial charge in [-0.1, -0.05) is 4.85 Å². The molecule has 0 saturated heterocycles. The van der Waals surface area contributed by atoms with Gasteiger partial charge in [0.05, 0.1) is 4.90 Å². The van der Waals surface area contributed by atoms with E-state index in [1.54, 1.807) is 0 Å². The molecule has 0 bridgehead atoms. The quantitative estimate of drug-likeness (QED) is 0.660. The van der Waals surface area contributed by atoms with Crippen LogP contribution in [0.2, 0.25) is 0 Å². The first-order valence-corrected chi connectivity index (χ1v) is 9.64. The summed E-state index contributed by atoms with van der Waals surface area (Å²) in [6, 6.07) is 9.57. The molecule has 3 rings (SSSR count). The fraction of sp³-hybridized carbons (Fsp3) is 0.235. The molecule has 3 aromatic rings. The van der Waals surface area contributed by atoms with Crippen LogP contribution in [0.3, 0.4) is 0 Å². The smallest absolute Gasteiger partial charge is 0.267 e. The van der Waals surface area contributed by atoms with Crippen LogP contribution in [0, 0.1) is 5.82 Å². The summed E-state index contributed by atoms with van der Waals surface area (Å²) in [7, 11) is -0.805. The zero-order valence-corrected chi connectivity index (χ0v) is 16.1. The second-order valence-electron chi connectivity index (χ2n) is 6.14. The van der Waals surface area contributed by atoms with Crippen molar-refractivity contribution < 1.29 is 22.4 Å². The van der Waals surface area contributed by atoms with Gasteiger partial charge in [-0.3, -0.25) is 4.79 Å². The number of rotatable bonds is 6. The number of nitrogens with zero attached hydrogens (tertiary/aromatic N) is 4. The molecule has 0 spiro atoms. The van der Waals surface area contributed by atoms with E-state index in [1.165, 1.54) is 63.5 Å². The molecule has 0 aliphatic carbocycles. The van der Waals surface area contributed by atoms with Crippen LogP contribution in [0.5, 0.6) is 0 Å². The monoisotopic (exact) mass is 407 g/mol. The number of sulfonamides is 1. The van der Waals surface area contributed by atoms with Gasteiger partial charge in [0.2, 0.25) is 16.1 Å². The van der Waals surface area contributed by atoms with Gasteiger partial charge in [-0.15, -0.1) is 5.10 Å². The van der Waals surface area contributed by atoms with Gasteiger partial charge in [-0.2, -0.15) is 0 Å². The van der Waals surface area contributed by atoms with Crippen molar-refractivity contribution >= 4 is 32.7 Å². The van der Waals surface area contributed by atoms with Crippen molar-refractivity contribution in [2.45, 2.75) is 17.9 Å². The lowest BCUT2D eigenvalue weighted by molar-refractivity contribution is -0.127. The summed E-state index contributed by atoms with van der Waals surface area (Å²) < 4.78 is 38.7. The summed E-state index contributed by atoms with van der Waals surface area (Å²) in [5.41, 5.74) is 1.11. The normalized spacial score (nSPS) is 12.9. The zero-order valence-electron chi connectivity index (χ0n) is 15.3. The lowest BCUT2D eigenvalue weighted by Crippen LogP contribution is -2.35. The third-order valence-electron chi connectivity index (χ3n) is 3.90. The summed E-state index contributed by atoms with van der Waals surface area (Å²) in [6.07, 6.45) is -0.982. The molecule has 0 radical (unpaired) electrons. The number of halogens is 1. The SMILES string of the molecule is CC(On1nnc2ccc(S(=O)(=O)N(C)C)cc21)C(=O)Nc1ccc(F)cc1. The van der Waals surface area contributed by atoms with Crippen LogP contribution in [0.1, 0.15) is 6.92 Å². The largest absolute Gasteiger partial charge is 0.382 e. The Kier molecular flexibility index (Phi) is 5.29. The minimum absolute atomic E-state index is 0.0422. The first-order chi connectivity index (χ1) is 13.2. The van der Waals surface area contributed by atoms with Gasteiger partial charge < -0.3 is 10.2 Å². The van der Waals surface area contributed by atoms with Gasteiger partial charge in [-0.25, -0.2) is 17.1 Å². The highest BCUT2D eigenvalue weighted by molar-refractivity contribution is 7.89.